The topological polar surface area (TPSA) is 34.9 Å². The normalized spacial score (nSPS) is 14.8. The van der Waals surface area contributed by atoms with E-state index in [0.29, 0.717) is 6.92 Å². The van der Waals surface area contributed by atoms with Crippen molar-refractivity contribution in [2.45, 2.75) is 37.0 Å². The van der Waals surface area contributed by atoms with Crippen LogP contribution in [0.5, 0.6) is 0 Å². The number of aryl methyl sites for hydroxylation is 1. The maximum Gasteiger partial charge on any atom is 0.460 e. The molecule has 1 aromatic rings. The molecule has 0 saturated heterocycles. The molecule has 0 unspecified atom stereocenters. The zero-order chi connectivity index (χ0) is 20.2. The first-order chi connectivity index (χ1) is 10.8. The number of carbonyl (C=O) groups is 1. The predicted molar refractivity (Wildman–Crippen MR) is 53.5 cm³/mol. The lowest BCUT2D eigenvalue weighted by Gasteiger charge is -2.32. The molecule has 15 heteroatoms. The van der Waals surface area contributed by atoms with Crippen molar-refractivity contribution in [2.24, 2.45) is 0 Å². The molecule has 1 aromatic heterocycles. The fourth-order valence-corrected chi connectivity index (χ4v) is 1.50. The highest BCUT2D eigenvalue weighted by Crippen LogP contribution is 2.53. The van der Waals surface area contributed by atoms with Crippen molar-refractivity contribution in [3.63, 3.8) is 0 Å². The molecular weight excluding hydrogens is 392 g/mol. The zero-order valence-corrected chi connectivity index (χ0v) is 11.4. The molecule has 0 saturated carbocycles. The Hall–Kier alpha value is -1.96. The molecule has 0 amide bonds. The second-order valence-electron chi connectivity index (χ2n) is 4.63. The van der Waals surface area contributed by atoms with E-state index in [4.69, 9.17) is 0 Å². The number of halogens is 12. The lowest BCUT2D eigenvalue weighted by molar-refractivity contribution is -0.386. The lowest BCUT2D eigenvalue weighted by Crippen LogP contribution is -2.64. The first kappa shape index (κ1) is 21.1. The Morgan fingerprint density at radius 3 is 1.64 bits per heavy atom. The highest BCUT2D eigenvalue weighted by Gasteiger charge is 2.84. The Kier molecular flexibility index (Phi) is 4.66. The van der Waals surface area contributed by atoms with E-state index in [9.17, 15) is 57.5 Å². The molecule has 0 spiro atoms. The van der Waals surface area contributed by atoms with E-state index in [0.717, 1.165) is 0 Å². The first-order valence-corrected chi connectivity index (χ1v) is 5.67. The molecule has 0 atom stereocenters. The standard InChI is InChI=1S/C10H4F12N2O/c1-3-2-24(23-4(3)7(13,14)15)5(25)6(11,12)8(16,17)9(18,19)10(20,21)22/h2H,1H3. The van der Waals surface area contributed by atoms with Crippen molar-refractivity contribution in [2.75, 3.05) is 0 Å². The minimum Gasteiger partial charge on any atom is -0.265 e. The highest BCUT2D eigenvalue weighted by molar-refractivity contribution is 5.86. The quantitative estimate of drug-likeness (QED) is 0.714. The van der Waals surface area contributed by atoms with Crippen molar-refractivity contribution >= 4 is 5.91 Å². The summed E-state index contributed by atoms with van der Waals surface area (Å²) in [4.78, 5) is 11.2. The van der Waals surface area contributed by atoms with Crippen LogP contribution >= 0.6 is 0 Å². The molecule has 0 fully saturated rings. The number of hydrogen-bond acceptors (Lipinski definition) is 2. The number of alkyl halides is 12. The third kappa shape index (κ3) is 3.15. The largest absolute Gasteiger partial charge is 0.460 e. The zero-order valence-electron chi connectivity index (χ0n) is 11.4. The Balaban J connectivity index is 3.42. The van der Waals surface area contributed by atoms with Gasteiger partial charge in [0, 0.05) is 11.8 Å². The van der Waals surface area contributed by atoms with Gasteiger partial charge in [0.15, 0.2) is 5.69 Å². The summed E-state index contributed by atoms with van der Waals surface area (Å²) in [5.74, 6) is -24.9. The summed E-state index contributed by atoms with van der Waals surface area (Å²) in [6, 6.07) is 0. The van der Waals surface area contributed by atoms with Crippen molar-refractivity contribution in [3.05, 3.63) is 17.5 Å². The molecule has 3 nitrogen and oxygen atoms in total. The molecule has 25 heavy (non-hydrogen) atoms. The summed E-state index contributed by atoms with van der Waals surface area (Å²) in [5, 5.41) is 2.21. The van der Waals surface area contributed by atoms with Gasteiger partial charge in [0.25, 0.3) is 0 Å². The smallest absolute Gasteiger partial charge is 0.265 e. The average Bonchev–Trinajstić information content (AvgIpc) is 2.77. The van der Waals surface area contributed by atoms with Gasteiger partial charge in [-0.3, -0.25) is 4.79 Å². The van der Waals surface area contributed by atoms with E-state index < -0.39 is 52.0 Å². The van der Waals surface area contributed by atoms with E-state index >= 15 is 0 Å². The van der Waals surface area contributed by atoms with Gasteiger partial charge < -0.3 is 0 Å². The molecule has 0 aromatic carbocycles. The molecule has 0 radical (unpaired) electrons. The van der Waals surface area contributed by atoms with Crippen LogP contribution < -0.4 is 0 Å². The molecular formula is C10H4F12N2O. The third-order valence-electron chi connectivity index (χ3n) is 2.79. The molecule has 144 valence electrons. The molecule has 0 aliphatic heterocycles. The fourth-order valence-electron chi connectivity index (χ4n) is 1.50. The van der Waals surface area contributed by atoms with Gasteiger partial charge in [-0.15, -0.1) is 0 Å². The summed E-state index contributed by atoms with van der Waals surface area (Å²) < 4.78 is 150. The maximum atomic E-state index is 13.3. The van der Waals surface area contributed by atoms with E-state index in [1.165, 1.54) is 0 Å². The number of hydrogen-bond donors (Lipinski definition) is 0. The maximum absolute atomic E-state index is 13.3. The SMILES string of the molecule is Cc1cn(C(=O)C(F)(F)C(F)(F)C(F)(F)C(F)(F)F)nc1C(F)(F)F. The average molecular weight is 396 g/mol. The van der Waals surface area contributed by atoms with E-state index in [1.54, 1.807) is 0 Å². The van der Waals surface area contributed by atoms with Crippen LogP contribution in [0.1, 0.15) is 16.1 Å². The van der Waals surface area contributed by atoms with Gasteiger partial charge in [0.1, 0.15) is 0 Å². The Bertz CT molecular complexity index is 668. The number of aromatic nitrogens is 2. The van der Waals surface area contributed by atoms with Gasteiger partial charge in [0.05, 0.1) is 0 Å². The van der Waals surface area contributed by atoms with Crippen LogP contribution in [0.2, 0.25) is 0 Å². The Morgan fingerprint density at radius 1 is 0.880 bits per heavy atom. The van der Waals surface area contributed by atoms with Gasteiger partial charge in [0.2, 0.25) is 0 Å². The molecule has 0 bridgehead atoms. The summed E-state index contributed by atoms with van der Waals surface area (Å²) in [7, 11) is 0. The van der Waals surface area contributed by atoms with Crippen molar-refractivity contribution in [3.8, 4) is 0 Å². The van der Waals surface area contributed by atoms with Gasteiger partial charge >= 0.3 is 36.0 Å². The molecule has 1 heterocycles. The van der Waals surface area contributed by atoms with Crippen molar-refractivity contribution in [1.82, 2.24) is 9.78 Å². The first-order valence-electron chi connectivity index (χ1n) is 5.67. The number of rotatable bonds is 3. The predicted octanol–water partition coefficient (Wildman–Crippen LogP) is 4.32. The number of nitrogens with zero attached hydrogens (tertiary/aromatic N) is 2. The minimum absolute atomic E-state index is 0.166. The van der Waals surface area contributed by atoms with Crippen LogP contribution in [0.3, 0.4) is 0 Å². The second kappa shape index (κ2) is 5.52. The molecule has 1 rings (SSSR count). The van der Waals surface area contributed by atoms with Crippen LogP contribution in [0.4, 0.5) is 52.7 Å². The van der Waals surface area contributed by atoms with E-state index in [1.807, 2.05) is 0 Å². The van der Waals surface area contributed by atoms with Crippen molar-refractivity contribution < 1.29 is 57.5 Å². The molecule has 0 aliphatic rings. The fraction of sp³-hybridized carbons (Fsp3) is 0.600. The summed E-state index contributed by atoms with van der Waals surface area (Å²) in [6.07, 6.45) is -12.7. The van der Waals surface area contributed by atoms with Crippen LogP contribution in [0, 0.1) is 6.92 Å². The van der Waals surface area contributed by atoms with Crippen molar-refractivity contribution in [1.29, 1.82) is 0 Å². The van der Waals surface area contributed by atoms with Gasteiger partial charge in [-0.25, -0.2) is 4.68 Å². The van der Waals surface area contributed by atoms with Gasteiger partial charge in [-0.1, -0.05) is 0 Å². The van der Waals surface area contributed by atoms with Gasteiger partial charge in [-0.05, 0) is 6.92 Å². The molecule has 0 N–H and O–H groups in total. The van der Waals surface area contributed by atoms with Crippen LogP contribution in [-0.4, -0.2) is 39.6 Å². The summed E-state index contributed by atoms with van der Waals surface area (Å²) >= 11 is 0. The summed E-state index contributed by atoms with van der Waals surface area (Å²) in [6.45, 7) is 0.556. The monoisotopic (exact) mass is 396 g/mol. The van der Waals surface area contributed by atoms with E-state index in [2.05, 4.69) is 5.10 Å². The third-order valence-corrected chi connectivity index (χ3v) is 2.79. The van der Waals surface area contributed by atoms with Crippen LogP contribution in [-0.2, 0) is 6.18 Å². The highest BCUT2D eigenvalue weighted by atomic mass is 19.4. The van der Waals surface area contributed by atoms with Crippen LogP contribution in [0.25, 0.3) is 0 Å². The minimum atomic E-state index is -7.35. The van der Waals surface area contributed by atoms with Gasteiger partial charge in [-0.2, -0.15) is 57.8 Å². The Morgan fingerprint density at radius 2 is 1.32 bits per heavy atom. The Labute approximate surface area is 129 Å². The molecule has 0 aliphatic carbocycles. The second-order valence-corrected chi connectivity index (χ2v) is 4.63. The van der Waals surface area contributed by atoms with E-state index in [-0.39, 0.29) is 6.20 Å². The summed E-state index contributed by atoms with van der Waals surface area (Å²) in [5.41, 5.74) is -3.04. The lowest BCUT2D eigenvalue weighted by atomic mass is 10.0. The number of carbonyl (C=O) groups excluding carboxylic acids is 1. The van der Waals surface area contributed by atoms with Crippen LogP contribution in [0.15, 0.2) is 6.20 Å².